The SMILES string of the molecule is COc1ccc(C(=O)NCC23CCC=C2N(CC2CC2)C(=O)CC3)cc1. The molecule has 2 aliphatic carbocycles. The Kier molecular flexibility index (Phi) is 4.47. The van der Waals surface area contributed by atoms with Crippen LogP contribution in [0.15, 0.2) is 36.0 Å². The molecule has 2 fully saturated rings. The third-order valence-corrected chi connectivity index (χ3v) is 5.99. The van der Waals surface area contributed by atoms with Gasteiger partial charge in [0.25, 0.3) is 5.91 Å². The van der Waals surface area contributed by atoms with Gasteiger partial charge >= 0.3 is 0 Å². The van der Waals surface area contributed by atoms with Crippen molar-refractivity contribution in [1.82, 2.24) is 10.2 Å². The van der Waals surface area contributed by atoms with Crippen molar-refractivity contribution < 1.29 is 14.3 Å². The molecule has 0 spiro atoms. The maximum absolute atomic E-state index is 12.6. The molecule has 5 nitrogen and oxygen atoms in total. The Bertz CT molecular complexity index is 736. The zero-order valence-electron chi connectivity index (χ0n) is 15.3. The van der Waals surface area contributed by atoms with Crippen molar-refractivity contribution in [3.63, 3.8) is 0 Å². The van der Waals surface area contributed by atoms with E-state index >= 15 is 0 Å². The zero-order chi connectivity index (χ0) is 18.1. The molecule has 26 heavy (non-hydrogen) atoms. The van der Waals surface area contributed by atoms with Gasteiger partial charge in [-0.15, -0.1) is 0 Å². The van der Waals surface area contributed by atoms with Crippen LogP contribution in [0.25, 0.3) is 0 Å². The number of piperidine rings is 1. The molecule has 1 atom stereocenters. The van der Waals surface area contributed by atoms with E-state index in [1.165, 1.54) is 12.8 Å². The molecule has 1 N–H and O–H groups in total. The molecule has 1 aromatic carbocycles. The van der Waals surface area contributed by atoms with Crippen molar-refractivity contribution in [3.05, 3.63) is 41.6 Å². The van der Waals surface area contributed by atoms with Crippen LogP contribution in [0.2, 0.25) is 0 Å². The van der Waals surface area contributed by atoms with Crippen LogP contribution < -0.4 is 10.1 Å². The normalized spacial score (nSPS) is 24.9. The van der Waals surface area contributed by atoms with Crippen LogP contribution >= 0.6 is 0 Å². The van der Waals surface area contributed by atoms with Gasteiger partial charge < -0.3 is 15.0 Å². The maximum Gasteiger partial charge on any atom is 0.251 e. The van der Waals surface area contributed by atoms with Crippen molar-refractivity contribution in [1.29, 1.82) is 0 Å². The summed E-state index contributed by atoms with van der Waals surface area (Å²) >= 11 is 0. The van der Waals surface area contributed by atoms with Gasteiger partial charge in [-0.1, -0.05) is 6.08 Å². The summed E-state index contributed by atoms with van der Waals surface area (Å²) in [7, 11) is 1.61. The van der Waals surface area contributed by atoms with Gasteiger partial charge in [0.1, 0.15) is 5.75 Å². The summed E-state index contributed by atoms with van der Waals surface area (Å²) in [5, 5.41) is 3.11. The molecule has 4 rings (SSSR count). The first kappa shape index (κ1) is 17.1. The summed E-state index contributed by atoms with van der Waals surface area (Å²) in [5.41, 5.74) is 1.72. The van der Waals surface area contributed by atoms with E-state index in [1.54, 1.807) is 31.4 Å². The Morgan fingerprint density at radius 3 is 2.73 bits per heavy atom. The molecule has 3 aliphatic rings. The summed E-state index contributed by atoms with van der Waals surface area (Å²) in [6.45, 7) is 1.46. The number of ether oxygens (including phenoxy) is 1. The maximum atomic E-state index is 12.6. The van der Waals surface area contributed by atoms with Crippen LogP contribution in [0.4, 0.5) is 0 Å². The second-order valence-corrected chi connectivity index (χ2v) is 7.77. The van der Waals surface area contributed by atoms with Crippen LogP contribution in [0.3, 0.4) is 0 Å². The van der Waals surface area contributed by atoms with Gasteiger partial charge in [-0.3, -0.25) is 9.59 Å². The standard InChI is InChI=1S/C21H26N2O3/c1-26-17-8-6-16(7-9-17)20(25)22-14-21-11-2-3-18(21)23(13-15-4-5-15)19(24)10-12-21/h3,6-9,15H,2,4-5,10-14H2,1H3,(H,22,25). The molecule has 0 radical (unpaired) electrons. The monoisotopic (exact) mass is 354 g/mol. The fraction of sp³-hybridized carbons (Fsp3) is 0.524. The average molecular weight is 354 g/mol. The fourth-order valence-corrected chi connectivity index (χ4v) is 4.21. The highest BCUT2D eigenvalue weighted by molar-refractivity contribution is 5.94. The molecule has 1 aromatic rings. The number of carbonyl (C=O) groups is 2. The second kappa shape index (κ2) is 6.78. The number of fused-ring (bicyclic) bond motifs is 1. The van der Waals surface area contributed by atoms with E-state index in [9.17, 15) is 9.59 Å². The molecule has 1 aliphatic heterocycles. The topological polar surface area (TPSA) is 58.6 Å². The van der Waals surface area contributed by atoms with Crippen molar-refractivity contribution >= 4 is 11.8 Å². The van der Waals surface area contributed by atoms with Crippen molar-refractivity contribution in [3.8, 4) is 5.75 Å². The number of benzene rings is 1. The molecule has 0 bridgehead atoms. The van der Waals surface area contributed by atoms with E-state index in [1.807, 2.05) is 4.90 Å². The van der Waals surface area contributed by atoms with Crippen molar-refractivity contribution in [2.45, 2.75) is 38.5 Å². The molecular formula is C21H26N2O3. The van der Waals surface area contributed by atoms with E-state index in [-0.39, 0.29) is 17.2 Å². The van der Waals surface area contributed by atoms with E-state index in [4.69, 9.17) is 4.74 Å². The van der Waals surface area contributed by atoms with Crippen LogP contribution in [0.1, 0.15) is 48.9 Å². The van der Waals surface area contributed by atoms with E-state index in [0.29, 0.717) is 24.4 Å². The second-order valence-electron chi connectivity index (χ2n) is 7.77. The van der Waals surface area contributed by atoms with Gasteiger partial charge in [-0.25, -0.2) is 0 Å². The third-order valence-electron chi connectivity index (χ3n) is 5.99. The highest BCUT2D eigenvalue weighted by atomic mass is 16.5. The van der Waals surface area contributed by atoms with E-state index < -0.39 is 0 Å². The quantitative estimate of drug-likeness (QED) is 0.854. The summed E-state index contributed by atoms with van der Waals surface area (Å²) in [6.07, 6.45) is 8.11. The van der Waals surface area contributed by atoms with Crippen LogP contribution in [0.5, 0.6) is 5.75 Å². The molecule has 138 valence electrons. The first-order chi connectivity index (χ1) is 12.6. The minimum absolute atomic E-state index is 0.0704. The third kappa shape index (κ3) is 3.22. The predicted molar refractivity (Wildman–Crippen MR) is 98.7 cm³/mol. The summed E-state index contributed by atoms with van der Waals surface area (Å²) in [6, 6.07) is 7.15. The lowest BCUT2D eigenvalue weighted by molar-refractivity contribution is -0.133. The number of methoxy groups -OCH3 is 1. The fourth-order valence-electron chi connectivity index (χ4n) is 4.21. The van der Waals surface area contributed by atoms with Crippen LogP contribution in [0, 0.1) is 11.3 Å². The van der Waals surface area contributed by atoms with Crippen LogP contribution in [-0.4, -0.2) is 36.9 Å². The minimum atomic E-state index is -0.0784. The Hall–Kier alpha value is -2.30. The molecule has 1 saturated heterocycles. The van der Waals surface area contributed by atoms with E-state index in [2.05, 4.69) is 11.4 Å². The molecule has 5 heteroatoms. The Morgan fingerprint density at radius 1 is 1.27 bits per heavy atom. The number of hydrogen-bond acceptors (Lipinski definition) is 3. The number of rotatable bonds is 6. The van der Waals surface area contributed by atoms with Crippen molar-refractivity contribution in [2.75, 3.05) is 20.2 Å². The molecule has 2 amide bonds. The summed E-state index contributed by atoms with van der Waals surface area (Å²) in [5.74, 6) is 1.59. The predicted octanol–water partition coefficient (Wildman–Crippen LogP) is 3.12. The highest BCUT2D eigenvalue weighted by Crippen LogP contribution is 2.48. The molecular weight excluding hydrogens is 328 g/mol. The zero-order valence-corrected chi connectivity index (χ0v) is 15.3. The summed E-state index contributed by atoms with van der Waals surface area (Å²) < 4.78 is 5.14. The molecule has 1 heterocycles. The number of allylic oxidation sites excluding steroid dienone is 1. The largest absolute Gasteiger partial charge is 0.497 e. The van der Waals surface area contributed by atoms with E-state index in [0.717, 1.165) is 37.3 Å². The summed E-state index contributed by atoms with van der Waals surface area (Å²) in [4.78, 5) is 27.0. The lowest BCUT2D eigenvalue weighted by Crippen LogP contribution is -2.48. The molecule has 0 aromatic heterocycles. The molecule has 1 unspecified atom stereocenters. The van der Waals surface area contributed by atoms with Gasteiger partial charge in [-0.2, -0.15) is 0 Å². The van der Waals surface area contributed by atoms with Crippen molar-refractivity contribution in [2.24, 2.45) is 11.3 Å². The highest BCUT2D eigenvalue weighted by Gasteiger charge is 2.46. The Morgan fingerprint density at radius 2 is 2.04 bits per heavy atom. The van der Waals surface area contributed by atoms with Gasteiger partial charge in [-0.05, 0) is 62.3 Å². The van der Waals surface area contributed by atoms with Gasteiger partial charge in [0.15, 0.2) is 0 Å². The van der Waals surface area contributed by atoms with Gasteiger partial charge in [0.05, 0.1) is 7.11 Å². The first-order valence-corrected chi connectivity index (χ1v) is 9.54. The van der Waals surface area contributed by atoms with Crippen LogP contribution in [-0.2, 0) is 4.79 Å². The lowest BCUT2D eigenvalue weighted by Gasteiger charge is -2.42. The average Bonchev–Trinajstić information content (AvgIpc) is 3.39. The Labute approximate surface area is 154 Å². The number of likely N-dealkylation sites (tertiary alicyclic amines) is 1. The minimum Gasteiger partial charge on any atom is -0.497 e. The number of carbonyl (C=O) groups excluding carboxylic acids is 2. The number of hydrogen-bond donors (Lipinski definition) is 1. The number of nitrogens with zero attached hydrogens (tertiary/aromatic N) is 1. The molecule has 1 saturated carbocycles. The van der Waals surface area contributed by atoms with Gasteiger partial charge in [0, 0.05) is 36.2 Å². The lowest BCUT2D eigenvalue weighted by atomic mass is 9.76. The number of amides is 2. The first-order valence-electron chi connectivity index (χ1n) is 9.54. The Balaban J connectivity index is 1.45. The van der Waals surface area contributed by atoms with Gasteiger partial charge in [0.2, 0.25) is 5.91 Å². The smallest absolute Gasteiger partial charge is 0.251 e. The number of nitrogens with one attached hydrogen (secondary N) is 1.